The molecule has 2 heterocycles. The molecule has 0 amide bonds. The lowest BCUT2D eigenvalue weighted by Crippen LogP contribution is -1.87. The molecule has 0 aliphatic carbocycles. The van der Waals surface area contributed by atoms with Gasteiger partial charge in [-0.25, -0.2) is 4.68 Å². The van der Waals surface area contributed by atoms with E-state index in [9.17, 15) is 0 Å². The van der Waals surface area contributed by atoms with Crippen LogP contribution in [-0.2, 0) is 0 Å². The maximum absolute atomic E-state index is 4.00. The van der Waals surface area contributed by atoms with Crippen molar-refractivity contribution in [1.82, 2.24) is 25.1 Å². The second-order valence-electron chi connectivity index (χ2n) is 2.10. The Morgan fingerprint density at radius 2 is 2.25 bits per heavy atom. The van der Waals surface area contributed by atoms with Crippen LogP contribution in [0.3, 0.4) is 0 Å². The van der Waals surface area contributed by atoms with Gasteiger partial charge in [0.25, 0.3) is 0 Å². The molecule has 0 aliphatic heterocycles. The summed E-state index contributed by atoms with van der Waals surface area (Å²) >= 11 is 0. The molecule has 0 aliphatic rings. The minimum atomic E-state index is 0.837. The fourth-order valence-electron chi connectivity index (χ4n) is 0.722. The van der Waals surface area contributed by atoms with Crippen molar-refractivity contribution >= 4 is 6.21 Å². The van der Waals surface area contributed by atoms with Gasteiger partial charge in [-0.2, -0.15) is 10.2 Å². The zero-order valence-corrected chi connectivity index (χ0v) is 6.12. The second-order valence-corrected chi connectivity index (χ2v) is 2.10. The molecule has 0 atom stereocenters. The number of hydrogen-bond acceptors (Lipinski definition) is 4. The molecule has 0 saturated carbocycles. The van der Waals surface area contributed by atoms with Gasteiger partial charge in [0.05, 0.1) is 11.9 Å². The molecule has 2 rings (SSSR count). The van der Waals surface area contributed by atoms with Gasteiger partial charge < -0.3 is 0 Å². The third-order valence-electron chi connectivity index (χ3n) is 1.26. The van der Waals surface area contributed by atoms with Crippen molar-refractivity contribution in [3.05, 3.63) is 30.6 Å². The van der Waals surface area contributed by atoms with Gasteiger partial charge in [-0.15, -0.1) is 10.2 Å². The first-order valence-corrected chi connectivity index (χ1v) is 3.33. The first-order valence-electron chi connectivity index (χ1n) is 3.33. The van der Waals surface area contributed by atoms with Crippen molar-refractivity contribution in [2.24, 2.45) is 5.10 Å². The van der Waals surface area contributed by atoms with Crippen LogP contribution in [0.4, 0.5) is 0 Å². The van der Waals surface area contributed by atoms with Gasteiger partial charge in [-0.1, -0.05) is 0 Å². The van der Waals surface area contributed by atoms with Gasteiger partial charge >= 0.3 is 0 Å². The Morgan fingerprint density at radius 1 is 1.42 bits per heavy atom. The van der Waals surface area contributed by atoms with Crippen LogP contribution < -0.4 is 0 Å². The Labute approximate surface area is 67.9 Å². The van der Waals surface area contributed by atoms with Crippen LogP contribution in [0.1, 0.15) is 5.69 Å². The largest absolute Gasteiger partial charge is 0.277 e. The van der Waals surface area contributed by atoms with Crippen molar-refractivity contribution in [2.45, 2.75) is 0 Å². The second kappa shape index (κ2) is 2.95. The normalized spacial score (nSPS) is 11.0. The molecular weight excluding hydrogens is 156 g/mol. The molecule has 12 heavy (non-hydrogen) atoms. The summed E-state index contributed by atoms with van der Waals surface area (Å²) in [6.07, 6.45) is 6.31. The summed E-state index contributed by atoms with van der Waals surface area (Å²) in [6, 6.07) is 1.81. The van der Waals surface area contributed by atoms with E-state index in [1.165, 1.54) is 17.3 Å². The molecule has 0 spiro atoms. The zero-order valence-electron chi connectivity index (χ0n) is 6.12. The average molecular weight is 162 g/mol. The molecule has 0 saturated heterocycles. The van der Waals surface area contributed by atoms with Gasteiger partial charge in [-0.3, -0.25) is 5.10 Å². The average Bonchev–Trinajstić information content (AvgIpc) is 2.74. The third-order valence-corrected chi connectivity index (χ3v) is 1.26. The minimum absolute atomic E-state index is 0.837. The fraction of sp³-hybridized carbons (Fsp3) is 0. The Hall–Kier alpha value is -1.98. The van der Waals surface area contributed by atoms with Crippen LogP contribution in [-0.4, -0.2) is 31.3 Å². The molecule has 6 nitrogen and oxygen atoms in total. The molecule has 0 bridgehead atoms. The zero-order chi connectivity index (χ0) is 8.23. The van der Waals surface area contributed by atoms with Crippen LogP contribution in [0, 0.1) is 0 Å². The molecule has 0 unspecified atom stereocenters. The van der Waals surface area contributed by atoms with Crippen LogP contribution in [0.2, 0.25) is 0 Å². The predicted molar refractivity (Wildman–Crippen MR) is 41.6 cm³/mol. The van der Waals surface area contributed by atoms with Crippen molar-refractivity contribution in [3.8, 4) is 0 Å². The topological polar surface area (TPSA) is 71.8 Å². The highest BCUT2D eigenvalue weighted by Gasteiger charge is 1.86. The van der Waals surface area contributed by atoms with E-state index < -0.39 is 0 Å². The van der Waals surface area contributed by atoms with Crippen LogP contribution in [0.5, 0.6) is 0 Å². The number of hydrogen-bond donors (Lipinski definition) is 1. The summed E-state index contributed by atoms with van der Waals surface area (Å²) in [4.78, 5) is 0. The van der Waals surface area contributed by atoms with E-state index in [0.29, 0.717) is 0 Å². The quantitative estimate of drug-likeness (QED) is 0.626. The molecule has 6 heteroatoms. The number of aromatic nitrogens is 5. The molecule has 60 valence electrons. The first kappa shape index (κ1) is 6.71. The van der Waals surface area contributed by atoms with Crippen molar-refractivity contribution in [3.63, 3.8) is 0 Å². The molecule has 0 fully saturated rings. The smallest absolute Gasteiger partial charge is 0.141 e. The first-order chi connectivity index (χ1) is 5.95. The van der Waals surface area contributed by atoms with Crippen LogP contribution in [0.25, 0.3) is 0 Å². The van der Waals surface area contributed by atoms with E-state index in [0.717, 1.165) is 5.69 Å². The lowest BCUT2D eigenvalue weighted by Gasteiger charge is -1.85. The summed E-state index contributed by atoms with van der Waals surface area (Å²) in [6.45, 7) is 0. The Morgan fingerprint density at radius 3 is 2.92 bits per heavy atom. The highest BCUT2D eigenvalue weighted by Crippen LogP contribution is 1.86. The predicted octanol–water partition coefficient (Wildman–Crippen LogP) is -0.117. The lowest BCUT2D eigenvalue weighted by atomic mass is 10.5. The maximum Gasteiger partial charge on any atom is 0.141 e. The number of aromatic amines is 1. The number of H-pyrrole nitrogens is 1. The van der Waals surface area contributed by atoms with E-state index in [2.05, 4.69) is 25.5 Å². The SMILES string of the molecule is C(=N\n1cnnc1)/c1ccn[nH]1. The minimum Gasteiger partial charge on any atom is -0.277 e. The highest BCUT2D eigenvalue weighted by molar-refractivity contribution is 5.76. The third kappa shape index (κ3) is 1.36. The van der Waals surface area contributed by atoms with Crippen molar-refractivity contribution in [1.29, 1.82) is 0 Å². The van der Waals surface area contributed by atoms with E-state index in [4.69, 9.17) is 0 Å². The lowest BCUT2D eigenvalue weighted by molar-refractivity contribution is 0.876. The molecule has 0 radical (unpaired) electrons. The summed E-state index contributed by atoms with van der Waals surface area (Å²) in [5.74, 6) is 0. The molecule has 2 aromatic heterocycles. The Kier molecular flexibility index (Phi) is 1.65. The van der Waals surface area contributed by atoms with Gasteiger partial charge in [0, 0.05) is 6.20 Å². The summed E-state index contributed by atoms with van der Waals surface area (Å²) in [5.41, 5.74) is 0.837. The monoisotopic (exact) mass is 162 g/mol. The summed E-state index contributed by atoms with van der Waals surface area (Å²) in [7, 11) is 0. The number of rotatable bonds is 2. The Balaban J connectivity index is 2.14. The maximum atomic E-state index is 4.00. The van der Waals surface area contributed by atoms with Crippen LogP contribution in [0.15, 0.2) is 30.0 Å². The molecule has 0 aromatic carbocycles. The van der Waals surface area contributed by atoms with Gasteiger partial charge in [0.2, 0.25) is 0 Å². The molecule has 1 N–H and O–H groups in total. The van der Waals surface area contributed by atoms with E-state index in [1.54, 1.807) is 12.4 Å². The standard InChI is InChI=1S/C6H6N6/c1-2-7-11-6(1)3-10-12-4-8-9-5-12/h1-5H,(H,7,11)/b10-3+. The van der Waals surface area contributed by atoms with Gasteiger partial charge in [0.1, 0.15) is 12.7 Å². The van der Waals surface area contributed by atoms with E-state index in [1.807, 2.05) is 6.07 Å². The van der Waals surface area contributed by atoms with E-state index in [-0.39, 0.29) is 0 Å². The highest BCUT2D eigenvalue weighted by atomic mass is 15.4. The Bertz CT molecular complexity index is 309. The van der Waals surface area contributed by atoms with Crippen LogP contribution >= 0.6 is 0 Å². The molecular formula is C6H6N6. The van der Waals surface area contributed by atoms with Crippen molar-refractivity contribution in [2.75, 3.05) is 0 Å². The number of nitrogens with zero attached hydrogens (tertiary/aromatic N) is 5. The number of nitrogens with one attached hydrogen (secondary N) is 1. The van der Waals surface area contributed by atoms with Gasteiger partial charge in [0.15, 0.2) is 0 Å². The molecule has 2 aromatic rings. The van der Waals surface area contributed by atoms with Crippen molar-refractivity contribution < 1.29 is 0 Å². The van der Waals surface area contributed by atoms with E-state index >= 15 is 0 Å². The summed E-state index contributed by atoms with van der Waals surface area (Å²) in [5, 5.41) is 17.7. The summed E-state index contributed by atoms with van der Waals surface area (Å²) < 4.78 is 1.50. The van der Waals surface area contributed by atoms with Gasteiger partial charge in [-0.05, 0) is 6.07 Å². The fourth-order valence-corrected chi connectivity index (χ4v) is 0.722.